The molecule has 4 heteroatoms. The highest BCUT2D eigenvalue weighted by Gasteiger charge is 2.16. The molecule has 0 bridgehead atoms. The Morgan fingerprint density at radius 1 is 1.11 bits per heavy atom. The maximum atomic E-state index is 13.7. The summed E-state index contributed by atoms with van der Waals surface area (Å²) in [6.45, 7) is 3.64. The number of alkyl halides is 1. The lowest BCUT2D eigenvalue weighted by atomic mass is 10.0. The number of aryl methyl sites for hydroxylation is 2. The van der Waals surface area contributed by atoms with Gasteiger partial charge in [-0.1, -0.05) is 28.1 Å². The molecule has 0 radical (unpaired) electrons. The van der Waals surface area contributed by atoms with Crippen LogP contribution < -0.4 is 0 Å². The number of fused-ring (bicyclic) bond motifs is 1. The summed E-state index contributed by atoms with van der Waals surface area (Å²) in [5.41, 5.74) is 2.53. The quantitative estimate of drug-likeness (QED) is 0.480. The van der Waals surface area contributed by atoms with Crippen molar-refractivity contribution in [3.05, 3.63) is 57.0 Å². The third-order valence-corrected chi connectivity index (χ3v) is 6.64. The van der Waals surface area contributed by atoms with Gasteiger partial charge in [0.15, 0.2) is 0 Å². The van der Waals surface area contributed by atoms with Gasteiger partial charge in [-0.15, -0.1) is 22.7 Å². The molecule has 0 saturated carbocycles. The van der Waals surface area contributed by atoms with Gasteiger partial charge in [-0.05, 0) is 48.1 Å². The Morgan fingerprint density at radius 2 is 1.79 bits per heavy atom. The predicted molar refractivity (Wildman–Crippen MR) is 86.3 cm³/mol. The van der Waals surface area contributed by atoms with Crippen LogP contribution in [0.4, 0.5) is 4.39 Å². The Balaban J connectivity index is 2.04. The van der Waals surface area contributed by atoms with Crippen LogP contribution >= 0.6 is 38.6 Å². The highest BCUT2D eigenvalue weighted by atomic mass is 79.9. The maximum Gasteiger partial charge on any atom is 0.129 e. The summed E-state index contributed by atoms with van der Waals surface area (Å²) in [4.78, 5) is 1.40. The first-order valence-corrected chi connectivity index (χ1v) is 8.55. The van der Waals surface area contributed by atoms with Gasteiger partial charge in [0, 0.05) is 14.3 Å². The van der Waals surface area contributed by atoms with Crippen LogP contribution in [0.5, 0.6) is 0 Å². The van der Waals surface area contributed by atoms with Crippen molar-refractivity contribution in [3.8, 4) is 0 Å². The summed E-state index contributed by atoms with van der Waals surface area (Å²) in [6.07, 6.45) is 0. The third-order valence-electron chi connectivity index (χ3n) is 3.16. The molecule has 0 aliphatic heterocycles. The van der Waals surface area contributed by atoms with Crippen molar-refractivity contribution < 1.29 is 4.39 Å². The van der Waals surface area contributed by atoms with Crippen molar-refractivity contribution in [1.82, 2.24) is 0 Å². The number of halogens is 2. The van der Waals surface area contributed by atoms with Crippen molar-refractivity contribution in [2.24, 2.45) is 0 Å². The zero-order chi connectivity index (χ0) is 13.6. The van der Waals surface area contributed by atoms with Crippen LogP contribution in [0.3, 0.4) is 0 Å². The van der Waals surface area contributed by atoms with E-state index in [0.717, 1.165) is 5.56 Å². The van der Waals surface area contributed by atoms with Crippen LogP contribution in [-0.2, 0) is 0 Å². The standard InChI is InChI=1S/C15H12BrFS2/c1-8-5-10(6-9(2)15(8)17)14(16)13-7-12-11(19-13)3-4-18-12/h3-7,14H,1-2H3. The number of thiophene rings is 2. The highest BCUT2D eigenvalue weighted by molar-refractivity contribution is 9.09. The van der Waals surface area contributed by atoms with E-state index in [1.165, 1.54) is 14.3 Å². The lowest BCUT2D eigenvalue weighted by molar-refractivity contribution is 0.608. The fraction of sp³-hybridized carbons (Fsp3) is 0.200. The molecule has 0 fully saturated rings. The Kier molecular flexibility index (Phi) is 3.50. The van der Waals surface area contributed by atoms with Crippen LogP contribution in [-0.4, -0.2) is 0 Å². The van der Waals surface area contributed by atoms with Crippen molar-refractivity contribution in [2.45, 2.75) is 18.7 Å². The van der Waals surface area contributed by atoms with Crippen LogP contribution in [0.25, 0.3) is 9.40 Å². The monoisotopic (exact) mass is 354 g/mol. The van der Waals surface area contributed by atoms with Crippen molar-refractivity contribution >= 4 is 48.0 Å². The summed E-state index contributed by atoms with van der Waals surface area (Å²) in [5.74, 6) is -0.101. The van der Waals surface area contributed by atoms with E-state index in [9.17, 15) is 4.39 Å². The fourth-order valence-electron chi connectivity index (χ4n) is 2.20. The minimum absolute atomic E-state index is 0.101. The van der Waals surface area contributed by atoms with Crippen LogP contribution in [0, 0.1) is 19.7 Å². The van der Waals surface area contributed by atoms with E-state index < -0.39 is 0 Å². The molecule has 2 aromatic heterocycles. The summed E-state index contributed by atoms with van der Waals surface area (Å²) in [6, 6.07) is 8.22. The molecular weight excluding hydrogens is 343 g/mol. The second-order valence-electron chi connectivity index (χ2n) is 4.63. The van der Waals surface area contributed by atoms with Gasteiger partial charge in [0.05, 0.1) is 4.83 Å². The van der Waals surface area contributed by atoms with E-state index in [4.69, 9.17) is 0 Å². The third kappa shape index (κ3) is 2.37. The summed E-state index contributed by atoms with van der Waals surface area (Å²) in [7, 11) is 0. The zero-order valence-electron chi connectivity index (χ0n) is 10.5. The van der Waals surface area contributed by atoms with Crippen molar-refractivity contribution in [1.29, 1.82) is 0 Å². The summed E-state index contributed by atoms with van der Waals surface area (Å²) >= 11 is 7.29. The van der Waals surface area contributed by atoms with Crippen LogP contribution in [0.15, 0.2) is 29.6 Å². The molecule has 0 amide bonds. The highest BCUT2D eigenvalue weighted by Crippen LogP contribution is 2.40. The number of rotatable bonds is 2. The number of hydrogen-bond acceptors (Lipinski definition) is 2. The van der Waals surface area contributed by atoms with Crippen molar-refractivity contribution in [3.63, 3.8) is 0 Å². The molecule has 98 valence electrons. The molecule has 1 atom stereocenters. The van der Waals surface area contributed by atoms with Gasteiger partial charge in [-0.3, -0.25) is 0 Å². The van der Waals surface area contributed by atoms with E-state index in [1.807, 2.05) is 26.0 Å². The molecule has 2 heterocycles. The summed E-state index contributed by atoms with van der Waals surface area (Å²) < 4.78 is 16.3. The van der Waals surface area contributed by atoms with Crippen LogP contribution in [0.1, 0.15) is 26.4 Å². The Bertz CT molecular complexity index is 690. The van der Waals surface area contributed by atoms with E-state index in [1.54, 1.807) is 22.7 Å². The van der Waals surface area contributed by atoms with Gasteiger partial charge in [0.1, 0.15) is 5.82 Å². The van der Waals surface area contributed by atoms with Crippen molar-refractivity contribution in [2.75, 3.05) is 0 Å². The molecule has 1 unspecified atom stereocenters. The van der Waals surface area contributed by atoms with Gasteiger partial charge in [0.2, 0.25) is 0 Å². The largest absolute Gasteiger partial charge is 0.206 e. The first-order chi connectivity index (χ1) is 9.06. The average molecular weight is 355 g/mol. The first-order valence-electron chi connectivity index (χ1n) is 5.94. The van der Waals surface area contributed by atoms with Gasteiger partial charge >= 0.3 is 0 Å². The van der Waals surface area contributed by atoms with Crippen LogP contribution in [0.2, 0.25) is 0 Å². The molecule has 0 aliphatic carbocycles. The lowest BCUT2D eigenvalue weighted by Gasteiger charge is -2.11. The van der Waals surface area contributed by atoms with Gasteiger partial charge < -0.3 is 0 Å². The van der Waals surface area contributed by atoms with Gasteiger partial charge in [0.25, 0.3) is 0 Å². The minimum Gasteiger partial charge on any atom is -0.206 e. The van der Waals surface area contributed by atoms with E-state index in [-0.39, 0.29) is 10.6 Å². The summed E-state index contributed by atoms with van der Waals surface area (Å²) in [5, 5.41) is 2.11. The molecule has 0 nitrogen and oxygen atoms in total. The smallest absolute Gasteiger partial charge is 0.129 e. The molecule has 3 aromatic rings. The molecule has 19 heavy (non-hydrogen) atoms. The van der Waals surface area contributed by atoms with E-state index >= 15 is 0 Å². The Hall–Kier alpha value is -0.710. The fourth-order valence-corrected chi connectivity index (χ4v) is 5.00. The number of benzene rings is 1. The lowest BCUT2D eigenvalue weighted by Crippen LogP contribution is -1.95. The van der Waals surface area contributed by atoms with E-state index in [0.29, 0.717) is 11.1 Å². The molecule has 1 aromatic carbocycles. The topological polar surface area (TPSA) is 0 Å². The first kappa shape index (κ1) is 13.3. The second kappa shape index (κ2) is 5.00. The molecular formula is C15H12BrFS2. The zero-order valence-corrected chi connectivity index (χ0v) is 13.8. The molecule has 0 aliphatic rings. The molecule has 0 saturated heterocycles. The molecule has 0 spiro atoms. The minimum atomic E-state index is -0.101. The number of hydrogen-bond donors (Lipinski definition) is 0. The normalized spacial score (nSPS) is 13.1. The average Bonchev–Trinajstić information content (AvgIpc) is 2.94. The Morgan fingerprint density at radius 3 is 2.42 bits per heavy atom. The van der Waals surface area contributed by atoms with Gasteiger partial charge in [-0.25, -0.2) is 4.39 Å². The molecule has 3 rings (SSSR count). The Labute approximate surface area is 128 Å². The second-order valence-corrected chi connectivity index (χ2v) is 7.61. The maximum absolute atomic E-state index is 13.7. The molecule has 0 N–H and O–H groups in total. The van der Waals surface area contributed by atoms with Gasteiger partial charge in [-0.2, -0.15) is 0 Å². The van der Waals surface area contributed by atoms with E-state index in [2.05, 4.69) is 33.4 Å². The SMILES string of the molecule is Cc1cc(C(Br)c2cc3sccc3s2)cc(C)c1F. The predicted octanol–water partition coefficient (Wildman–Crippen LogP) is 6.20.